The van der Waals surface area contributed by atoms with Gasteiger partial charge in [0.1, 0.15) is 5.75 Å². The highest BCUT2D eigenvalue weighted by atomic mass is 32.1. The van der Waals surface area contributed by atoms with Gasteiger partial charge in [0.15, 0.2) is 0 Å². The normalized spacial score (nSPS) is 11.6. The molecular formula is C16H11N2O4S-. The molecule has 7 heteroatoms. The highest BCUT2D eigenvalue weighted by Crippen LogP contribution is 2.25. The van der Waals surface area contributed by atoms with E-state index < -0.39 is 5.97 Å². The average molecular weight is 327 g/mol. The van der Waals surface area contributed by atoms with Crippen LogP contribution in [0.15, 0.2) is 45.6 Å². The number of carboxylic acid groups (broad SMARTS) is 1. The van der Waals surface area contributed by atoms with Gasteiger partial charge in [0.05, 0.1) is 0 Å². The Hall–Kier alpha value is -2.93. The number of carbonyl (C=O) groups excluding carboxylic acids is 1. The average Bonchev–Trinajstić information content (AvgIpc) is 3.17. The third-order valence-electron chi connectivity index (χ3n) is 3.03. The van der Waals surface area contributed by atoms with Gasteiger partial charge in [0, 0.05) is 28.9 Å². The number of hydrogen-bond donors (Lipinski definition) is 1. The molecule has 0 amide bonds. The number of phenolic OH excluding ortho intramolecular Hbond substituents is 1. The molecule has 2 heterocycles. The third-order valence-corrected chi connectivity index (χ3v) is 3.71. The molecule has 116 valence electrons. The minimum atomic E-state index is -1.26. The molecule has 1 N–H and O–H groups in total. The Labute approximate surface area is 135 Å². The molecule has 0 aliphatic carbocycles. The van der Waals surface area contributed by atoms with Gasteiger partial charge in [-0.15, -0.1) is 0 Å². The largest absolute Gasteiger partial charge is 0.550 e. The number of benzene rings is 1. The first-order chi connectivity index (χ1) is 11.1. The first-order valence-corrected chi connectivity index (χ1v) is 7.62. The van der Waals surface area contributed by atoms with Crippen molar-refractivity contribution < 1.29 is 19.5 Å². The molecular weight excluding hydrogens is 316 g/mol. The first-order valence-electron chi connectivity index (χ1n) is 6.68. The van der Waals surface area contributed by atoms with E-state index in [0.717, 1.165) is 5.56 Å². The minimum Gasteiger partial charge on any atom is -0.550 e. The van der Waals surface area contributed by atoms with E-state index in [9.17, 15) is 15.0 Å². The van der Waals surface area contributed by atoms with Crippen LogP contribution >= 0.6 is 11.3 Å². The zero-order chi connectivity index (χ0) is 16.2. The summed E-state index contributed by atoms with van der Waals surface area (Å²) in [5, 5.41) is 28.1. The number of hydrogen-bond acceptors (Lipinski definition) is 7. The van der Waals surface area contributed by atoms with Crippen LogP contribution in [0, 0.1) is 0 Å². The van der Waals surface area contributed by atoms with Crippen molar-refractivity contribution in [3.63, 3.8) is 0 Å². The monoisotopic (exact) mass is 327 g/mol. The van der Waals surface area contributed by atoms with Crippen LogP contribution in [0.25, 0.3) is 23.0 Å². The molecule has 0 fully saturated rings. The van der Waals surface area contributed by atoms with Crippen LogP contribution in [0.1, 0.15) is 17.9 Å². The minimum absolute atomic E-state index is 0.0797. The van der Waals surface area contributed by atoms with E-state index in [0.29, 0.717) is 17.0 Å². The lowest BCUT2D eigenvalue weighted by atomic mass is 10.1. The maximum atomic E-state index is 11.0. The number of rotatable bonds is 5. The molecule has 0 saturated heterocycles. The SMILES string of the molecule is O=C([O-])C/C(=C\c1cccc(O)c1)c1nc(-c2ccsc2)no1. The fourth-order valence-electron chi connectivity index (χ4n) is 2.02. The van der Waals surface area contributed by atoms with Crippen LogP contribution in [0.4, 0.5) is 0 Å². The number of aromatic nitrogens is 2. The van der Waals surface area contributed by atoms with E-state index in [1.807, 2.05) is 16.8 Å². The molecule has 0 spiro atoms. The van der Waals surface area contributed by atoms with E-state index in [2.05, 4.69) is 10.1 Å². The predicted octanol–water partition coefficient (Wildman–Crippen LogP) is 2.18. The first kappa shape index (κ1) is 15.0. The Morgan fingerprint density at radius 3 is 2.96 bits per heavy atom. The molecule has 0 unspecified atom stereocenters. The molecule has 0 radical (unpaired) electrons. The van der Waals surface area contributed by atoms with Crippen molar-refractivity contribution >= 4 is 29.0 Å². The molecule has 23 heavy (non-hydrogen) atoms. The quantitative estimate of drug-likeness (QED) is 0.771. The summed E-state index contributed by atoms with van der Waals surface area (Å²) in [6.07, 6.45) is 1.20. The number of carbonyl (C=O) groups is 1. The highest BCUT2D eigenvalue weighted by Gasteiger charge is 2.14. The number of thiophene rings is 1. The van der Waals surface area contributed by atoms with Crippen molar-refractivity contribution in [2.45, 2.75) is 6.42 Å². The summed E-state index contributed by atoms with van der Waals surface area (Å²) in [4.78, 5) is 15.2. The van der Waals surface area contributed by atoms with E-state index in [-0.39, 0.29) is 18.1 Å². The fourth-order valence-corrected chi connectivity index (χ4v) is 2.66. The van der Waals surface area contributed by atoms with Gasteiger partial charge in [-0.25, -0.2) is 0 Å². The maximum Gasteiger partial charge on any atom is 0.254 e. The second-order valence-corrected chi connectivity index (χ2v) is 5.53. The van der Waals surface area contributed by atoms with E-state index in [1.54, 1.807) is 18.2 Å². The maximum absolute atomic E-state index is 11.0. The molecule has 3 aromatic rings. The Morgan fingerprint density at radius 1 is 1.39 bits per heavy atom. The van der Waals surface area contributed by atoms with E-state index >= 15 is 0 Å². The molecule has 3 rings (SSSR count). The lowest BCUT2D eigenvalue weighted by Crippen LogP contribution is -2.22. The summed E-state index contributed by atoms with van der Waals surface area (Å²) in [5.41, 5.74) is 1.73. The van der Waals surface area contributed by atoms with E-state index in [1.165, 1.54) is 23.5 Å². The Kier molecular flexibility index (Phi) is 4.20. The summed E-state index contributed by atoms with van der Waals surface area (Å²) in [5.74, 6) is -0.678. The molecule has 2 aromatic heterocycles. The predicted molar refractivity (Wildman–Crippen MR) is 83.2 cm³/mol. The standard InChI is InChI=1S/C16H12N2O4S/c19-13-3-1-2-10(7-13)6-12(8-14(20)21)16-17-15(18-22-16)11-4-5-23-9-11/h1-7,9,19H,8H2,(H,20,21)/p-1/b12-6+. The van der Waals surface area contributed by atoms with Crippen LogP contribution in [-0.4, -0.2) is 21.2 Å². The van der Waals surface area contributed by atoms with Crippen molar-refractivity contribution in [1.29, 1.82) is 0 Å². The van der Waals surface area contributed by atoms with Crippen LogP contribution < -0.4 is 5.11 Å². The highest BCUT2D eigenvalue weighted by molar-refractivity contribution is 7.08. The Morgan fingerprint density at radius 2 is 2.26 bits per heavy atom. The third kappa shape index (κ3) is 3.64. The van der Waals surface area contributed by atoms with Crippen LogP contribution in [0.5, 0.6) is 5.75 Å². The Balaban J connectivity index is 1.98. The Bertz CT molecular complexity index is 853. The van der Waals surface area contributed by atoms with Gasteiger partial charge in [0.25, 0.3) is 5.89 Å². The second kappa shape index (κ2) is 6.45. The number of phenols is 1. The molecule has 0 aliphatic heterocycles. The van der Waals surface area contributed by atoms with Crippen LogP contribution in [-0.2, 0) is 4.79 Å². The number of aromatic hydroxyl groups is 1. The van der Waals surface area contributed by atoms with E-state index in [4.69, 9.17) is 4.52 Å². The topological polar surface area (TPSA) is 99.3 Å². The molecule has 6 nitrogen and oxygen atoms in total. The van der Waals surface area contributed by atoms with Gasteiger partial charge in [-0.2, -0.15) is 16.3 Å². The zero-order valence-corrected chi connectivity index (χ0v) is 12.6. The summed E-state index contributed by atoms with van der Waals surface area (Å²) >= 11 is 1.50. The number of carboxylic acids is 1. The van der Waals surface area contributed by atoms with Crippen LogP contribution in [0.3, 0.4) is 0 Å². The molecule has 0 atom stereocenters. The van der Waals surface area contributed by atoms with Crippen molar-refractivity contribution in [1.82, 2.24) is 10.1 Å². The number of nitrogens with zero attached hydrogens (tertiary/aromatic N) is 2. The summed E-state index contributed by atoms with van der Waals surface area (Å²) in [6.45, 7) is 0. The summed E-state index contributed by atoms with van der Waals surface area (Å²) in [6, 6.07) is 8.26. The lowest BCUT2D eigenvalue weighted by Gasteiger charge is -2.04. The van der Waals surface area contributed by atoms with Crippen LogP contribution in [0.2, 0.25) is 0 Å². The molecule has 0 bridgehead atoms. The van der Waals surface area contributed by atoms with Gasteiger partial charge in [-0.3, -0.25) is 0 Å². The second-order valence-electron chi connectivity index (χ2n) is 4.75. The smallest absolute Gasteiger partial charge is 0.254 e. The van der Waals surface area contributed by atoms with Gasteiger partial charge in [0.2, 0.25) is 5.82 Å². The van der Waals surface area contributed by atoms with Crippen molar-refractivity contribution in [3.05, 3.63) is 52.5 Å². The van der Waals surface area contributed by atoms with Crippen molar-refractivity contribution in [3.8, 4) is 17.1 Å². The van der Waals surface area contributed by atoms with Gasteiger partial charge in [-0.05, 0) is 35.2 Å². The fraction of sp³-hybridized carbons (Fsp3) is 0.0625. The van der Waals surface area contributed by atoms with Gasteiger partial charge in [-0.1, -0.05) is 17.3 Å². The van der Waals surface area contributed by atoms with Crippen molar-refractivity contribution in [2.75, 3.05) is 0 Å². The summed E-state index contributed by atoms with van der Waals surface area (Å²) in [7, 11) is 0. The number of aliphatic carboxylic acids is 1. The van der Waals surface area contributed by atoms with Crippen molar-refractivity contribution in [2.24, 2.45) is 0 Å². The summed E-state index contributed by atoms with van der Waals surface area (Å²) < 4.78 is 5.18. The molecule has 1 aromatic carbocycles. The molecule has 0 saturated carbocycles. The zero-order valence-electron chi connectivity index (χ0n) is 11.8. The van der Waals surface area contributed by atoms with Gasteiger partial charge >= 0.3 is 0 Å². The molecule has 0 aliphatic rings. The van der Waals surface area contributed by atoms with Gasteiger partial charge < -0.3 is 19.5 Å². The lowest BCUT2D eigenvalue weighted by molar-refractivity contribution is -0.304.